The lowest BCUT2D eigenvalue weighted by atomic mass is 9.91. The van der Waals surface area contributed by atoms with Gasteiger partial charge in [0.15, 0.2) is 0 Å². The molecule has 4 rings (SSSR count). The molecule has 1 aliphatic carbocycles. The lowest BCUT2D eigenvalue weighted by molar-refractivity contribution is -0.170. The molecule has 0 amide bonds. The summed E-state index contributed by atoms with van der Waals surface area (Å²) in [6.07, 6.45) is 2.37. The van der Waals surface area contributed by atoms with E-state index in [1.54, 1.807) is 26.0 Å². The van der Waals surface area contributed by atoms with E-state index in [2.05, 4.69) is 21.4 Å². The highest BCUT2D eigenvalue weighted by Gasteiger charge is 2.49. The van der Waals surface area contributed by atoms with Crippen LogP contribution in [0.25, 0.3) is 10.9 Å². The van der Waals surface area contributed by atoms with Crippen molar-refractivity contribution in [3.8, 4) is 11.8 Å². The highest BCUT2D eigenvalue weighted by molar-refractivity contribution is 5.91. The molecule has 1 atom stereocenters. The van der Waals surface area contributed by atoms with E-state index in [4.69, 9.17) is 9.47 Å². The number of anilines is 1. The van der Waals surface area contributed by atoms with Crippen LogP contribution < -0.4 is 10.1 Å². The Bertz CT molecular complexity index is 1350. The first-order valence-corrected chi connectivity index (χ1v) is 12.0. The van der Waals surface area contributed by atoms with Gasteiger partial charge in [0.05, 0.1) is 35.4 Å². The second-order valence-electron chi connectivity index (χ2n) is 9.72. The summed E-state index contributed by atoms with van der Waals surface area (Å²) in [6, 6.07) is 8.24. The van der Waals surface area contributed by atoms with Crippen LogP contribution in [0.5, 0.6) is 5.75 Å². The first-order chi connectivity index (χ1) is 17.4. The monoisotopic (exact) mass is 514 g/mol. The number of aryl methyl sites for hydroxylation is 1. The van der Waals surface area contributed by atoms with Gasteiger partial charge in [-0.15, -0.1) is 0 Å². The predicted octanol–water partition coefficient (Wildman–Crippen LogP) is 5.54. The SMILES string of the molecule is Cc1nc(N[C@H](C)c2cccc(C(F)(F)C(C)(C)O)c2F)c2cc(OCCOC3CC3)c(C#N)cc2n1. The lowest BCUT2D eigenvalue weighted by Gasteiger charge is -2.30. The van der Waals surface area contributed by atoms with Gasteiger partial charge in [0, 0.05) is 10.9 Å². The maximum absolute atomic E-state index is 15.3. The minimum atomic E-state index is -3.81. The van der Waals surface area contributed by atoms with Crippen molar-refractivity contribution in [2.24, 2.45) is 0 Å². The average molecular weight is 515 g/mol. The van der Waals surface area contributed by atoms with Gasteiger partial charge in [-0.3, -0.25) is 0 Å². The van der Waals surface area contributed by atoms with Crippen molar-refractivity contribution in [2.75, 3.05) is 18.5 Å². The van der Waals surface area contributed by atoms with Crippen LogP contribution in [0.3, 0.4) is 0 Å². The predicted molar refractivity (Wildman–Crippen MR) is 132 cm³/mol. The fourth-order valence-corrected chi connectivity index (χ4v) is 3.93. The van der Waals surface area contributed by atoms with Gasteiger partial charge < -0.3 is 19.9 Å². The second kappa shape index (κ2) is 10.1. The third-order valence-electron chi connectivity index (χ3n) is 6.20. The van der Waals surface area contributed by atoms with E-state index in [1.807, 2.05) is 0 Å². The summed E-state index contributed by atoms with van der Waals surface area (Å²) < 4.78 is 56.2. The number of halogens is 3. The van der Waals surface area contributed by atoms with E-state index in [9.17, 15) is 19.1 Å². The molecule has 0 bridgehead atoms. The van der Waals surface area contributed by atoms with Crippen LogP contribution >= 0.6 is 0 Å². The molecule has 10 heteroatoms. The molecule has 3 aromatic rings. The van der Waals surface area contributed by atoms with Gasteiger partial charge in [-0.1, -0.05) is 12.1 Å². The highest BCUT2D eigenvalue weighted by Crippen LogP contribution is 2.41. The van der Waals surface area contributed by atoms with E-state index < -0.39 is 28.9 Å². The number of benzene rings is 2. The lowest BCUT2D eigenvalue weighted by Crippen LogP contribution is -2.41. The standard InChI is InChI=1S/C27H29F3N4O3/c1-15(19-6-5-7-21(24(19)28)27(29,30)26(3,4)35)32-25-20-13-23(37-11-10-36-18-8-9-18)17(14-31)12-22(20)33-16(2)34-25/h5-7,12-13,15,18,35H,8-11H2,1-4H3,(H,32,33,34)/t15-/m1/s1. The third kappa shape index (κ3) is 5.63. The Labute approximate surface area is 213 Å². The number of nitriles is 1. The summed E-state index contributed by atoms with van der Waals surface area (Å²) in [6.45, 7) is 5.81. The molecule has 1 fully saturated rings. The van der Waals surface area contributed by atoms with E-state index >= 15 is 4.39 Å². The van der Waals surface area contributed by atoms with Crippen molar-refractivity contribution in [1.82, 2.24) is 9.97 Å². The third-order valence-corrected chi connectivity index (χ3v) is 6.20. The average Bonchev–Trinajstić information content (AvgIpc) is 3.65. The van der Waals surface area contributed by atoms with Gasteiger partial charge in [-0.2, -0.15) is 14.0 Å². The van der Waals surface area contributed by atoms with E-state index in [-0.39, 0.29) is 18.3 Å². The van der Waals surface area contributed by atoms with Crippen molar-refractivity contribution >= 4 is 16.7 Å². The Morgan fingerprint density at radius 3 is 2.59 bits per heavy atom. The Morgan fingerprint density at radius 1 is 1.22 bits per heavy atom. The number of nitrogens with one attached hydrogen (secondary N) is 1. The number of nitrogens with zero attached hydrogens (tertiary/aromatic N) is 3. The number of ether oxygens (including phenoxy) is 2. The number of aromatic nitrogens is 2. The minimum absolute atomic E-state index is 0.0202. The highest BCUT2D eigenvalue weighted by atomic mass is 19.3. The molecule has 0 aliphatic heterocycles. The maximum Gasteiger partial charge on any atom is 0.303 e. The molecule has 0 radical (unpaired) electrons. The molecule has 37 heavy (non-hydrogen) atoms. The molecule has 0 unspecified atom stereocenters. The van der Waals surface area contributed by atoms with Gasteiger partial charge >= 0.3 is 5.92 Å². The zero-order valence-corrected chi connectivity index (χ0v) is 21.1. The topological polar surface area (TPSA) is 100 Å². The van der Waals surface area contributed by atoms with Crippen LogP contribution in [-0.2, 0) is 10.7 Å². The Hall–Kier alpha value is -3.42. The molecule has 1 saturated carbocycles. The normalized spacial score (nSPS) is 14.9. The van der Waals surface area contributed by atoms with E-state index in [0.717, 1.165) is 32.8 Å². The fraction of sp³-hybridized carbons (Fsp3) is 0.444. The molecule has 0 saturated heterocycles. The smallest absolute Gasteiger partial charge is 0.303 e. The van der Waals surface area contributed by atoms with Crippen molar-refractivity contribution < 1.29 is 27.8 Å². The largest absolute Gasteiger partial charge is 0.490 e. The van der Waals surface area contributed by atoms with Gasteiger partial charge in [0.25, 0.3) is 0 Å². The zero-order valence-electron chi connectivity index (χ0n) is 21.1. The van der Waals surface area contributed by atoms with Gasteiger partial charge in [0.2, 0.25) is 0 Å². The Morgan fingerprint density at radius 2 is 1.95 bits per heavy atom. The van der Waals surface area contributed by atoms with Crippen molar-refractivity contribution in [3.63, 3.8) is 0 Å². The first-order valence-electron chi connectivity index (χ1n) is 12.0. The molecule has 1 aromatic heterocycles. The minimum Gasteiger partial charge on any atom is -0.490 e. The Balaban J connectivity index is 1.66. The zero-order chi connectivity index (χ0) is 27.0. The number of alkyl halides is 2. The van der Waals surface area contributed by atoms with Crippen LogP contribution in [0.1, 0.15) is 62.2 Å². The Kier molecular flexibility index (Phi) is 7.31. The summed E-state index contributed by atoms with van der Waals surface area (Å²) in [5, 5.41) is 23.1. The van der Waals surface area contributed by atoms with Crippen LogP contribution in [0.4, 0.5) is 19.0 Å². The van der Waals surface area contributed by atoms with Gasteiger partial charge in [0.1, 0.15) is 41.5 Å². The number of hydrogen-bond acceptors (Lipinski definition) is 7. The summed E-state index contributed by atoms with van der Waals surface area (Å²) >= 11 is 0. The number of aliphatic hydroxyl groups is 1. The quantitative estimate of drug-likeness (QED) is 0.343. The maximum atomic E-state index is 15.3. The first kappa shape index (κ1) is 26.6. The van der Waals surface area contributed by atoms with Crippen LogP contribution in [-0.4, -0.2) is 40.0 Å². The molecule has 2 N–H and O–H groups in total. The molecule has 7 nitrogen and oxygen atoms in total. The molecular weight excluding hydrogens is 485 g/mol. The molecule has 196 valence electrons. The summed E-state index contributed by atoms with van der Waals surface area (Å²) in [5.41, 5.74) is -2.60. The molecular formula is C27H29F3N4O3. The van der Waals surface area contributed by atoms with Crippen molar-refractivity contribution in [3.05, 3.63) is 58.7 Å². The van der Waals surface area contributed by atoms with Crippen LogP contribution in [0, 0.1) is 24.1 Å². The second-order valence-corrected chi connectivity index (χ2v) is 9.72. The summed E-state index contributed by atoms with van der Waals surface area (Å²) in [5.74, 6) is -3.86. The fourth-order valence-electron chi connectivity index (χ4n) is 3.93. The molecule has 2 aromatic carbocycles. The molecule has 0 spiro atoms. The number of rotatable bonds is 10. The molecule has 1 aliphatic rings. The van der Waals surface area contributed by atoms with Crippen LogP contribution in [0.2, 0.25) is 0 Å². The number of fused-ring (bicyclic) bond motifs is 1. The number of hydrogen-bond donors (Lipinski definition) is 2. The van der Waals surface area contributed by atoms with Gasteiger partial charge in [-0.05, 0) is 58.7 Å². The van der Waals surface area contributed by atoms with E-state index in [1.165, 1.54) is 12.1 Å². The molecule has 1 heterocycles. The van der Waals surface area contributed by atoms with E-state index in [0.29, 0.717) is 40.5 Å². The van der Waals surface area contributed by atoms with Crippen molar-refractivity contribution in [2.45, 2.75) is 64.2 Å². The van der Waals surface area contributed by atoms with Crippen LogP contribution in [0.15, 0.2) is 30.3 Å². The summed E-state index contributed by atoms with van der Waals surface area (Å²) in [7, 11) is 0. The van der Waals surface area contributed by atoms with Gasteiger partial charge in [-0.25, -0.2) is 14.4 Å². The van der Waals surface area contributed by atoms with Crippen molar-refractivity contribution in [1.29, 1.82) is 5.26 Å². The summed E-state index contributed by atoms with van der Waals surface area (Å²) in [4.78, 5) is 8.84.